The maximum Gasteiger partial charge on any atom is 0.251 e. The van der Waals surface area contributed by atoms with Crippen LogP contribution < -0.4 is 15.4 Å². The number of benzene rings is 2. The van der Waals surface area contributed by atoms with E-state index in [9.17, 15) is 13.6 Å². The van der Waals surface area contributed by atoms with E-state index in [1.54, 1.807) is 30.6 Å². The minimum Gasteiger partial charge on any atom is -0.496 e. The lowest BCUT2D eigenvalue weighted by Gasteiger charge is -2.21. The Kier molecular flexibility index (Phi) is 6.56. The first-order chi connectivity index (χ1) is 14.0. The number of aromatic amines is 1. The van der Waals surface area contributed by atoms with Gasteiger partial charge >= 0.3 is 0 Å². The molecule has 1 aromatic heterocycles. The second kappa shape index (κ2) is 9.29. The molecule has 2 aromatic carbocycles. The molecule has 1 heterocycles. The van der Waals surface area contributed by atoms with Crippen molar-refractivity contribution in [2.75, 3.05) is 20.2 Å². The van der Waals surface area contributed by atoms with Gasteiger partial charge in [-0.2, -0.15) is 5.10 Å². The van der Waals surface area contributed by atoms with Gasteiger partial charge in [-0.05, 0) is 36.9 Å². The predicted octanol–water partition coefficient (Wildman–Crippen LogP) is 3.44. The number of nitrogens with one attached hydrogen (secondary N) is 3. The van der Waals surface area contributed by atoms with E-state index < -0.39 is 23.6 Å². The number of halogens is 2. The van der Waals surface area contributed by atoms with Crippen LogP contribution >= 0.6 is 0 Å². The summed E-state index contributed by atoms with van der Waals surface area (Å²) in [5.74, 6) is -1.39. The van der Waals surface area contributed by atoms with Crippen LogP contribution in [0, 0.1) is 11.6 Å². The second-order valence-corrected chi connectivity index (χ2v) is 6.37. The minimum absolute atomic E-state index is 0.177. The van der Waals surface area contributed by atoms with Crippen molar-refractivity contribution < 1.29 is 18.3 Å². The highest BCUT2D eigenvalue weighted by Crippen LogP contribution is 2.30. The molecule has 29 heavy (non-hydrogen) atoms. The van der Waals surface area contributed by atoms with Gasteiger partial charge in [0.25, 0.3) is 5.91 Å². The molecule has 0 aliphatic heterocycles. The number of carbonyl (C=O) groups excluding carboxylic acids is 1. The first-order valence-electron chi connectivity index (χ1n) is 9.17. The zero-order valence-corrected chi connectivity index (χ0v) is 16.1. The average molecular weight is 400 g/mol. The zero-order chi connectivity index (χ0) is 20.8. The standard InChI is InChI=1S/C21H22F2N4O2/c1-3-24-12-18(20-16(22)5-4-6-17(20)23)27-21(28)13-7-8-15(19(9-13)29-2)14-10-25-26-11-14/h4-11,18,24H,3,12H2,1-2H3,(H,25,26)(H,27,28)/t18-/m1/s1. The Morgan fingerprint density at radius 2 is 2.00 bits per heavy atom. The fourth-order valence-corrected chi connectivity index (χ4v) is 3.07. The molecule has 0 spiro atoms. The number of aromatic nitrogens is 2. The third-order valence-electron chi connectivity index (χ3n) is 4.52. The third-order valence-corrected chi connectivity index (χ3v) is 4.52. The van der Waals surface area contributed by atoms with E-state index in [4.69, 9.17) is 4.74 Å². The van der Waals surface area contributed by atoms with Gasteiger partial charge in [-0.1, -0.05) is 13.0 Å². The maximum atomic E-state index is 14.3. The monoisotopic (exact) mass is 400 g/mol. The molecule has 152 valence electrons. The average Bonchev–Trinajstić information content (AvgIpc) is 3.25. The van der Waals surface area contributed by atoms with Crippen LogP contribution in [0.25, 0.3) is 11.1 Å². The van der Waals surface area contributed by atoms with Crippen molar-refractivity contribution in [3.8, 4) is 16.9 Å². The molecule has 8 heteroatoms. The first kappa shape index (κ1) is 20.5. The zero-order valence-electron chi connectivity index (χ0n) is 16.1. The molecule has 6 nitrogen and oxygen atoms in total. The topological polar surface area (TPSA) is 79.0 Å². The van der Waals surface area contributed by atoms with Crippen molar-refractivity contribution in [1.82, 2.24) is 20.8 Å². The number of hydrogen-bond donors (Lipinski definition) is 3. The van der Waals surface area contributed by atoms with Crippen molar-refractivity contribution in [2.24, 2.45) is 0 Å². The number of H-pyrrole nitrogens is 1. The van der Waals surface area contributed by atoms with Crippen LogP contribution in [0.5, 0.6) is 5.75 Å². The molecule has 0 fully saturated rings. The van der Waals surface area contributed by atoms with Crippen LogP contribution in [0.15, 0.2) is 48.8 Å². The fourth-order valence-electron chi connectivity index (χ4n) is 3.07. The summed E-state index contributed by atoms with van der Waals surface area (Å²) in [6, 6.07) is 7.71. The summed E-state index contributed by atoms with van der Waals surface area (Å²) >= 11 is 0. The molecule has 0 saturated heterocycles. The van der Waals surface area contributed by atoms with Crippen LogP contribution in [0.4, 0.5) is 8.78 Å². The Morgan fingerprint density at radius 1 is 1.24 bits per heavy atom. The molecule has 0 aliphatic carbocycles. The number of nitrogens with zero attached hydrogens (tertiary/aromatic N) is 1. The molecule has 1 atom stereocenters. The summed E-state index contributed by atoms with van der Waals surface area (Å²) in [4.78, 5) is 12.8. The van der Waals surface area contributed by atoms with E-state index in [0.717, 1.165) is 11.1 Å². The number of amides is 1. The Hall–Kier alpha value is -3.26. The fraction of sp³-hybridized carbons (Fsp3) is 0.238. The molecule has 0 saturated carbocycles. The molecule has 0 aliphatic rings. The molecule has 3 rings (SSSR count). The highest BCUT2D eigenvalue weighted by atomic mass is 19.1. The van der Waals surface area contributed by atoms with Crippen LogP contribution in [0.3, 0.4) is 0 Å². The molecule has 3 aromatic rings. The van der Waals surface area contributed by atoms with Crippen molar-refractivity contribution in [2.45, 2.75) is 13.0 Å². The van der Waals surface area contributed by atoms with E-state index >= 15 is 0 Å². The number of methoxy groups -OCH3 is 1. The summed E-state index contributed by atoms with van der Waals surface area (Å²) in [6.07, 6.45) is 3.36. The molecule has 0 unspecified atom stereocenters. The van der Waals surface area contributed by atoms with Gasteiger partial charge in [0.1, 0.15) is 17.4 Å². The van der Waals surface area contributed by atoms with Crippen molar-refractivity contribution in [1.29, 1.82) is 0 Å². The summed E-state index contributed by atoms with van der Waals surface area (Å²) in [6.45, 7) is 2.65. The summed E-state index contributed by atoms with van der Waals surface area (Å²) in [7, 11) is 1.50. The van der Waals surface area contributed by atoms with Crippen LogP contribution in [-0.2, 0) is 0 Å². The maximum absolute atomic E-state index is 14.3. The second-order valence-electron chi connectivity index (χ2n) is 6.37. The van der Waals surface area contributed by atoms with Crippen LogP contribution in [-0.4, -0.2) is 36.3 Å². The number of likely N-dealkylation sites (N-methyl/N-ethyl adjacent to an activating group) is 1. The summed E-state index contributed by atoms with van der Waals surface area (Å²) in [5, 5.41) is 12.4. The van der Waals surface area contributed by atoms with Gasteiger partial charge in [-0.25, -0.2) is 8.78 Å². The van der Waals surface area contributed by atoms with Crippen molar-refractivity contribution in [3.05, 3.63) is 71.6 Å². The molecule has 3 N–H and O–H groups in total. The number of hydrogen-bond acceptors (Lipinski definition) is 4. The molecular formula is C21H22F2N4O2. The largest absolute Gasteiger partial charge is 0.496 e. The van der Waals surface area contributed by atoms with Crippen LogP contribution in [0.2, 0.25) is 0 Å². The van der Waals surface area contributed by atoms with Gasteiger partial charge in [-0.15, -0.1) is 0 Å². The molecule has 0 bridgehead atoms. The molecular weight excluding hydrogens is 378 g/mol. The number of ether oxygens (including phenoxy) is 1. The van der Waals surface area contributed by atoms with Gasteiger partial charge in [0.2, 0.25) is 0 Å². The minimum atomic E-state index is -0.872. The number of rotatable bonds is 8. The van der Waals surface area contributed by atoms with E-state index in [-0.39, 0.29) is 12.1 Å². The number of carbonyl (C=O) groups is 1. The normalized spacial score (nSPS) is 11.9. The Labute approximate surface area is 167 Å². The van der Waals surface area contributed by atoms with Gasteiger partial charge in [-0.3, -0.25) is 9.89 Å². The summed E-state index contributed by atoms with van der Waals surface area (Å²) < 4.78 is 33.9. The van der Waals surface area contributed by atoms with E-state index in [0.29, 0.717) is 17.9 Å². The lowest BCUT2D eigenvalue weighted by atomic mass is 10.0. The van der Waals surface area contributed by atoms with E-state index in [1.807, 2.05) is 6.92 Å². The SMILES string of the molecule is CCNC[C@@H](NC(=O)c1ccc(-c2cn[nH]c2)c(OC)c1)c1c(F)cccc1F. The van der Waals surface area contributed by atoms with E-state index in [1.165, 1.54) is 25.3 Å². The Balaban J connectivity index is 1.88. The van der Waals surface area contributed by atoms with Gasteiger partial charge < -0.3 is 15.4 Å². The van der Waals surface area contributed by atoms with Crippen LogP contribution in [0.1, 0.15) is 28.9 Å². The van der Waals surface area contributed by atoms with Crippen molar-refractivity contribution in [3.63, 3.8) is 0 Å². The quantitative estimate of drug-likeness (QED) is 0.541. The smallest absolute Gasteiger partial charge is 0.251 e. The highest BCUT2D eigenvalue weighted by molar-refractivity contribution is 5.95. The van der Waals surface area contributed by atoms with Gasteiger partial charge in [0, 0.05) is 35.0 Å². The predicted molar refractivity (Wildman–Crippen MR) is 106 cm³/mol. The van der Waals surface area contributed by atoms with E-state index in [2.05, 4.69) is 20.8 Å². The van der Waals surface area contributed by atoms with Crippen molar-refractivity contribution >= 4 is 5.91 Å². The molecule has 1 amide bonds. The lowest BCUT2D eigenvalue weighted by molar-refractivity contribution is 0.0934. The Bertz CT molecular complexity index is 957. The van der Waals surface area contributed by atoms with Gasteiger partial charge in [0.05, 0.1) is 19.3 Å². The molecule has 0 radical (unpaired) electrons. The van der Waals surface area contributed by atoms with Gasteiger partial charge in [0.15, 0.2) is 0 Å². The lowest BCUT2D eigenvalue weighted by Crippen LogP contribution is -2.36. The summed E-state index contributed by atoms with van der Waals surface area (Å²) in [5.41, 5.74) is 1.71. The third kappa shape index (κ3) is 4.60. The first-order valence-corrected chi connectivity index (χ1v) is 9.17. The Morgan fingerprint density at radius 3 is 2.62 bits per heavy atom. The highest BCUT2D eigenvalue weighted by Gasteiger charge is 2.23.